The van der Waals surface area contributed by atoms with E-state index in [1.54, 1.807) is 37.3 Å². The van der Waals surface area contributed by atoms with E-state index >= 15 is 0 Å². The Morgan fingerprint density at radius 1 is 1.09 bits per heavy atom. The number of amides is 1. The predicted molar refractivity (Wildman–Crippen MR) is 94.1 cm³/mol. The summed E-state index contributed by atoms with van der Waals surface area (Å²) in [6.07, 6.45) is 1.05. The molecule has 2 rings (SSSR count). The Morgan fingerprint density at radius 2 is 1.78 bits per heavy atom. The summed E-state index contributed by atoms with van der Waals surface area (Å²) >= 11 is 11.9. The molecule has 0 spiro atoms. The third-order valence-electron chi connectivity index (χ3n) is 2.99. The lowest BCUT2D eigenvalue weighted by Crippen LogP contribution is -2.15. The highest BCUT2D eigenvalue weighted by Crippen LogP contribution is 2.30. The average Bonchev–Trinajstić information content (AvgIpc) is 2.44. The number of benzene rings is 2. The molecule has 0 radical (unpaired) electrons. The minimum atomic E-state index is -3.43. The number of rotatable bonds is 4. The topological polar surface area (TPSA) is 75.3 Å². The highest BCUT2D eigenvalue weighted by Gasteiger charge is 2.13. The lowest BCUT2D eigenvalue weighted by molar-refractivity contribution is 0.102. The molecule has 0 fully saturated rings. The zero-order valence-corrected chi connectivity index (χ0v) is 14.7. The third kappa shape index (κ3) is 4.60. The van der Waals surface area contributed by atoms with Gasteiger partial charge in [-0.25, -0.2) is 8.42 Å². The Kier molecular flexibility index (Phi) is 5.19. The van der Waals surface area contributed by atoms with Crippen LogP contribution in [-0.2, 0) is 10.0 Å². The van der Waals surface area contributed by atoms with E-state index in [1.165, 1.54) is 6.07 Å². The number of carbonyl (C=O) groups excluding carboxylic acids is 1. The fourth-order valence-electron chi connectivity index (χ4n) is 1.87. The highest BCUT2D eigenvalue weighted by atomic mass is 35.5. The zero-order valence-electron chi connectivity index (χ0n) is 12.4. The van der Waals surface area contributed by atoms with Gasteiger partial charge in [-0.1, -0.05) is 35.3 Å². The quantitative estimate of drug-likeness (QED) is 0.853. The first kappa shape index (κ1) is 17.6. The second-order valence-electron chi connectivity index (χ2n) is 4.96. The summed E-state index contributed by atoms with van der Waals surface area (Å²) in [5, 5.41) is 3.21. The number of hydrogen-bond acceptors (Lipinski definition) is 3. The van der Waals surface area contributed by atoms with Crippen molar-refractivity contribution in [3.8, 4) is 0 Å². The summed E-state index contributed by atoms with van der Waals surface area (Å²) in [6, 6.07) is 9.61. The fourth-order valence-corrected chi connectivity index (χ4v) is 2.83. The normalized spacial score (nSPS) is 11.1. The van der Waals surface area contributed by atoms with Crippen LogP contribution in [0.25, 0.3) is 0 Å². The van der Waals surface area contributed by atoms with Crippen molar-refractivity contribution < 1.29 is 13.2 Å². The van der Waals surface area contributed by atoms with Gasteiger partial charge in [0, 0.05) is 5.56 Å². The molecule has 5 nitrogen and oxygen atoms in total. The summed E-state index contributed by atoms with van der Waals surface area (Å²) < 4.78 is 25.1. The molecule has 1 amide bonds. The van der Waals surface area contributed by atoms with Gasteiger partial charge in [-0.2, -0.15) is 0 Å². The molecule has 2 aromatic rings. The summed E-state index contributed by atoms with van der Waals surface area (Å²) in [5.41, 5.74) is 1.71. The summed E-state index contributed by atoms with van der Waals surface area (Å²) in [5.74, 6) is -0.425. The second kappa shape index (κ2) is 6.78. The van der Waals surface area contributed by atoms with E-state index in [0.29, 0.717) is 22.0 Å². The Balaban J connectivity index is 2.29. The minimum Gasteiger partial charge on any atom is -0.321 e. The Hall–Kier alpha value is -1.76. The molecule has 2 aromatic carbocycles. The van der Waals surface area contributed by atoms with Gasteiger partial charge < -0.3 is 5.32 Å². The van der Waals surface area contributed by atoms with Gasteiger partial charge in [0.2, 0.25) is 10.0 Å². The third-order valence-corrected chi connectivity index (χ3v) is 4.40. The van der Waals surface area contributed by atoms with E-state index < -0.39 is 15.9 Å². The molecule has 0 heterocycles. The summed E-state index contributed by atoms with van der Waals surface area (Å²) in [4.78, 5) is 12.3. The van der Waals surface area contributed by atoms with Crippen LogP contribution >= 0.6 is 23.2 Å². The van der Waals surface area contributed by atoms with E-state index in [-0.39, 0.29) is 10.6 Å². The minimum absolute atomic E-state index is 0.240. The maximum atomic E-state index is 12.3. The van der Waals surface area contributed by atoms with Gasteiger partial charge >= 0.3 is 0 Å². The average molecular weight is 373 g/mol. The molecule has 122 valence electrons. The lowest BCUT2D eigenvalue weighted by atomic mass is 10.1. The number of anilines is 2. The molecule has 23 heavy (non-hydrogen) atoms. The lowest BCUT2D eigenvalue weighted by Gasteiger charge is -2.11. The van der Waals surface area contributed by atoms with Crippen LogP contribution in [0, 0.1) is 6.92 Å². The number of halogens is 2. The van der Waals surface area contributed by atoms with E-state index in [1.807, 2.05) is 0 Å². The van der Waals surface area contributed by atoms with Crippen LogP contribution in [0.15, 0.2) is 36.4 Å². The van der Waals surface area contributed by atoms with Gasteiger partial charge in [0.15, 0.2) is 0 Å². The van der Waals surface area contributed by atoms with Gasteiger partial charge in [0.25, 0.3) is 5.91 Å². The Labute approximate surface area is 144 Å². The number of nitrogens with one attached hydrogen (secondary N) is 2. The van der Waals surface area contributed by atoms with Crippen LogP contribution in [-0.4, -0.2) is 20.6 Å². The number of sulfonamides is 1. The van der Waals surface area contributed by atoms with E-state index in [9.17, 15) is 13.2 Å². The standard InChI is InChI=1S/C15H14Cl2N2O3S/c1-9-6-7-10(8-13(9)19-23(2,21)22)15(20)18-12-5-3-4-11(16)14(12)17/h3-8,19H,1-2H3,(H,18,20). The number of carbonyl (C=O) groups is 1. The molecule has 0 atom stereocenters. The Morgan fingerprint density at radius 3 is 2.43 bits per heavy atom. The molecule has 0 aromatic heterocycles. The van der Waals surface area contributed by atoms with Crippen LogP contribution in [0.4, 0.5) is 11.4 Å². The molecular formula is C15H14Cl2N2O3S. The molecule has 0 bridgehead atoms. The predicted octanol–water partition coefficient (Wildman–Crippen LogP) is 3.93. The SMILES string of the molecule is Cc1ccc(C(=O)Nc2cccc(Cl)c2Cl)cc1NS(C)(=O)=O. The molecule has 8 heteroatoms. The van der Waals surface area contributed by atoms with Crippen LogP contribution < -0.4 is 10.0 Å². The van der Waals surface area contributed by atoms with Crippen molar-refractivity contribution in [3.05, 3.63) is 57.6 Å². The zero-order chi connectivity index (χ0) is 17.2. The second-order valence-corrected chi connectivity index (χ2v) is 7.49. The largest absolute Gasteiger partial charge is 0.321 e. The van der Waals surface area contributed by atoms with E-state index in [4.69, 9.17) is 23.2 Å². The van der Waals surface area contributed by atoms with Crippen LogP contribution in [0.5, 0.6) is 0 Å². The molecular weight excluding hydrogens is 359 g/mol. The molecule has 2 N–H and O–H groups in total. The number of aryl methyl sites for hydroxylation is 1. The smallest absolute Gasteiger partial charge is 0.255 e. The highest BCUT2D eigenvalue weighted by molar-refractivity contribution is 7.92. The van der Waals surface area contributed by atoms with Crippen molar-refractivity contribution in [1.82, 2.24) is 0 Å². The van der Waals surface area contributed by atoms with Crippen LogP contribution in [0.1, 0.15) is 15.9 Å². The van der Waals surface area contributed by atoms with Crippen molar-refractivity contribution in [3.63, 3.8) is 0 Å². The molecule has 0 aliphatic rings. The van der Waals surface area contributed by atoms with Crippen molar-refractivity contribution >= 4 is 50.5 Å². The van der Waals surface area contributed by atoms with Gasteiger partial charge in [-0.05, 0) is 36.8 Å². The first-order chi connectivity index (χ1) is 10.7. The van der Waals surface area contributed by atoms with E-state index in [2.05, 4.69) is 10.0 Å². The molecule has 0 aliphatic carbocycles. The first-order valence-corrected chi connectivity index (χ1v) is 9.16. The Bertz CT molecular complexity index is 867. The molecule has 0 saturated carbocycles. The van der Waals surface area contributed by atoms with Crippen molar-refractivity contribution in [2.75, 3.05) is 16.3 Å². The molecule has 0 saturated heterocycles. The molecule has 0 aliphatic heterocycles. The fraction of sp³-hybridized carbons (Fsp3) is 0.133. The van der Waals surface area contributed by atoms with Crippen LogP contribution in [0.3, 0.4) is 0 Å². The summed E-state index contributed by atoms with van der Waals surface area (Å²) in [6.45, 7) is 1.74. The van der Waals surface area contributed by atoms with Gasteiger partial charge in [-0.3, -0.25) is 9.52 Å². The van der Waals surface area contributed by atoms with Crippen molar-refractivity contribution in [1.29, 1.82) is 0 Å². The van der Waals surface area contributed by atoms with Crippen LogP contribution in [0.2, 0.25) is 10.0 Å². The van der Waals surface area contributed by atoms with Crippen molar-refractivity contribution in [2.24, 2.45) is 0 Å². The monoisotopic (exact) mass is 372 g/mol. The van der Waals surface area contributed by atoms with E-state index in [0.717, 1.165) is 6.26 Å². The maximum absolute atomic E-state index is 12.3. The number of hydrogen-bond donors (Lipinski definition) is 2. The first-order valence-electron chi connectivity index (χ1n) is 6.51. The van der Waals surface area contributed by atoms with Gasteiger partial charge in [-0.15, -0.1) is 0 Å². The summed E-state index contributed by atoms with van der Waals surface area (Å²) in [7, 11) is -3.43. The maximum Gasteiger partial charge on any atom is 0.255 e. The van der Waals surface area contributed by atoms with Gasteiger partial charge in [0.1, 0.15) is 0 Å². The van der Waals surface area contributed by atoms with Crippen molar-refractivity contribution in [2.45, 2.75) is 6.92 Å². The van der Waals surface area contributed by atoms with Gasteiger partial charge in [0.05, 0.1) is 27.7 Å². The molecule has 0 unspecified atom stereocenters.